The predicted molar refractivity (Wildman–Crippen MR) is 135 cm³/mol. The van der Waals surface area contributed by atoms with Crippen LogP contribution in [0.25, 0.3) is 0 Å². The van der Waals surface area contributed by atoms with Crippen molar-refractivity contribution >= 4 is 34.8 Å². The maximum atomic E-state index is 13.3. The smallest absolute Gasteiger partial charge is 0.256 e. The van der Waals surface area contributed by atoms with Gasteiger partial charge >= 0.3 is 0 Å². The van der Waals surface area contributed by atoms with E-state index in [1.54, 1.807) is 72.6 Å². The van der Waals surface area contributed by atoms with Crippen LogP contribution in [0.4, 0.5) is 5.69 Å². The van der Waals surface area contributed by atoms with Crippen molar-refractivity contribution in [1.29, 1.82) is 5.26 Å². The molecule has 5 rings (SSSR count). The number of anilines is 1. The number of nitriles is 1. The van der Waals surface area contributed by atoms with E-state index >= 15 is 0 Å². The van der Waals surface area contributed by atoms with Crippen LogP contribution in [0.3, 0.4) is 0 Å². The summed E-state index contributed by atoms with van der Waals surface area (Å²) >= 11 is 13.1. The molecule has 2 aliphatic rings. The first kappa shape index (κ1) is 24.1. The fourth-order valence-corrected chi connectivity index (χ4v) is 6.03. The summed E-state index contributed by atoms with van der Waals surface area (Å²) in [6, 6.07) is 18.1. The third-order valence-corrected chi connectivity index (χ3v) is 7.56. The van der Waals surface area contributed by atoms with Gasteiger partial charge in [0.05, 0.1) is 27.6 Å². The number of nitrogens with zero attached hydrogens (tertiary/aromatic N) is 3. The number of nitrogens with one attached hydrogen (secondary N) is 1. The maximum absolute atomic E-state index is 13.3. The molecule has 8 nitrogen and oxygen atoms in total. The van der Waals surface area contributed by atoms with Gasteiger partial charge in [0.15, 0.2) is 11.3 Å². The summed E-state index contributed by atoms with van der Waals surface area (Å²) in [5.74, 6) is -0.869. The number of likely N-dealkylation sites (N-methyl/N-ethyl adjacent to an activating group) is 1. The van der Waals surface area contributed by atoms with Crippen molar-refractivity contribution in [2.24, 2.45) is 0 Å². The Hall–Kier alpha value is -3.64. The highest BCUT2D eigenvalue weighted by Gasteiger charge is 2.68. The predicted octanol–water partition coefficient (Wildman–Crippen LogP) is 4.97. The van der Waals surface area contributed by atoms with Crippen LogP contribution in [0.2, 0.25) is 10.0 Å². The summed E-state index contributed by atoms with van der Waals surface area (Å²) in [7, 11) is 1.71. The molecule has 1 saturated heterocycles. The molecule has 3 atom stereocenters. The number of ether oxygens (including phenoxy) is 1. The molecule has 1 N–H and O–H groups in total. The van der Waals surface area contributed by atoms with E-state index in [-0.39, 0.29) is 33.9 Å². The Morgan fingerprint density at radius 2 is 1.86 bits per heavy atom. The number of para-hydroxylation sites is 1. The van der Waals surface area contributed by atoms with Crippen molar-refractivity contribution in [3.8, 4) is 11.8 Å². The zero-order chi connectivity index (χ0) is 25.6. The minimum atomic E-state index is -1.46. The topological polar surface area (TPSA) is 108 Å². The molecule has 0 aliphatic carbocycles. The summed E-state index contributed by atoms with van der Waals surface area (Å²) in [6.07, 6.45) is 0. The molecule has 182 valence electrons. The van der Waals surface area contributed by atoms with E-state index in [2.05, 4.69) is 11.4 Å². The molecule has 36 heavy (non-hydrogen) atoms. The van der Waals surface area contributed by atoms with Crippen LogP contribution in [0.1, 0.15) is 28.2 Å². The van der Waals surface area contributed by atoms with E-state index in [4.69, 9.17) is 27.9 Å². The van der Waals surface area contributed by atoms with Crippen LogP contribution in [0.15, 0.2) is 60.7 Å². The van der Waals surface area contributed by atoms with Gasteiger partial charge in [-0.3, -0.25) is 19.8 Å². The number of amides is 1. The third-order valence-electron chi connectivity index (χ3n) is 7.00. The Bertz CT molecular complexity index is 1420. The number of rotatable bonds is 5. The first-order valence-corrected chi connectivity index (χ1v) is 11.9. The molecule has 3 aromatic rings. The molecule has 0 aromatic heterocycles. The molecular weight excluding hydrogens is 503 g/mol. The highest BCUT2D eigenvalue weighted by molar-refractivity contribution is 6.37. The Morgan fingerprint density at radius 3 is 2.56 bits per heavy atom. The first-order valence-electron chi connectivity index (χ1n) is 11.1. The van der Waals surface area contributed by atoms with Crippen molar-refractivity contribution < 1.29 is 14.5 Å². The van der Waals surface area contributed by atoms with Gasteiger partial charge in [-0.05, 0) is 36.9 Å². The molecule has 1 fully saturated rings. The highest BCUT2D eigenvalue weighted by atomic mass is 35.5. The molecule has 1 spiro atoms. The summed E-state index contributed by atoms with van der Waals surface area (Å²) < 4.78 is 5.84. The van der Waals surface area contributed by atoms with Gasteiger partial charge in [0, 0.05) is 28.3 Å². The average molecular weight is 523 g/mol. The van der Waals surface area contributed by atoms with Crippen molar-refractivity contribution in [1.82, 2.24) is 4.90 Å². The summed E-state index contributed by atoms with van der Waals surface area (Å²) in [5.41, 5.74) is 1.38. The van der Waals surface area contributed by atoms with E-state index in [1.807, 2.05) is 0 Å². The van der Waals surface area contributed by atoms with Crippen LogP contribution < -0.4 is 10.1 Å². The average Bonchev–Trinajstić information content (AvgIpc) is 3.33. The number of benzene rings is 3. The van der Waals surface area contributed by atoms with Gasteiger partial charge in [0.2, 0.25) is 0 Å². The van der Waals surface area contributed by atoms with Gasteiger partial charge in [-0.2, -0.15) is 5.26 Å². The highest BCUT2D eigenvalue weighted by Crippen LogP contribution is 2.52. The van der Waals surface area contributed by atoms with Crippen molar-refractivity contribution in [2.45, 2.75) is 24.1 Å². The van der Waals surface area contributed by atoms with E-state index < -0.39 is 23.4 Å². The number of nitro groups is 1. The minimum absolute atomic E-state index is 0.0757. The lowest BCUT2D eigenvalue weighted by Gasteiger charge is -2.30. The largest absolute Gasteiger partial charge is 0.486 e. The van der Waals surface area contributed by atoms with Crippen LogP contribution in [-0.2, 0) is 16.9 Å². The van der Waals surface area contributed by atoms with Crippen molar-refractivity contribution in [2.75, 3.05) is 18.9 Å². The van der Waals surface area contributed by atoms with E-state index in [9.17, 15) is 20.2 Å². The van der Waals surface area contributed by atoms with E-state index in [0.717, 1.165) is 0 Å². The minimum Gasteiger partial charge on any atom is -0.486 e. The van der Waals surface area contributed by atoms with Crippen LogP contribution in [-0.4, -0.2) is 35.4 Å². The maximum Gasteiger partial charge on any atom is 0.256 e. The van der Waals surface area contributed by atoms with Gasteiger partial charge in [-0.25, -0.2) is 0 Å². The standard InChI is InChI=1S/C26H20Cl2N4O4/c1-31-13-18(24(32(34)35)26(31)19-8-4-5-9-22(19)30-25(26)33)17-10-20(27)23(21(28)11-17)36-14-16-7-3-2-6-15(16)12-29/h2-11,18,24H,13-14H2,1H3,(H,30,33)/t18-,24+,26-/m1/s1. The molecule has 2 aliphatic heterocycles. The molecule has 0 radical (unpaired) electrons. The summed E-state index contributed by atoms with van der Waals surface area (Å²) in [4.78, 5) is 27.1. The lowest BCUT2D eigenvalue weighted by molar-refractivity contribution is -0.534. The molecule has 0 saturated carbocycles. The molecule has 10 heteroatoms. The third kappa shape index (κ3) is 3.59. The molecule has 0 unspecified atom stereocenters. The molecule has 1 amide bonds. The number of fused-ring (bicyclic) bond motifs is 2. The monoisotopic (exact) mass is 522 g/mol. The summed E-state index contributed by atoms with van der Waals surface area (Å²) in [5, 5.41) is 25.0. The normalized spacial score (nSPS) is 22.8. The van der Waals surface area contributed by atoms with Crippen molar-refractivity contribution in [3.05, 3.63) is 103 Å². The van der Waals surface area contributed by atoms with Gasteiger partial charge < -0.3 is 10.1 Å². The Kier molecular flexibility index (Phi) is 6.08. The molecule has 0 bridgehead atoms. The Morgan fingerprint density at radius 1 is 1.19 bits per heavy atom. The number of hydrogen-bond donors (Lipinski definition) is 1. The summed E-state index contributed by atoms with van der Waals surface area (Å²) in [6.45, 7) is 0.322. The van der Waals surface area contributed by atoms with Crippen LogP contribution >= 0.6 is 23.2 Å². The number of halogens is 2. The lowest BCUT2D eigenvalue weighted by atomic mass is 9.79. The van der Waals surface area contributed by atoms with Crippen LogP contribution in [0.5, 0.6) is 5.75 Å². The lowest BCUT2D eigenvalue weighted by Crippen LogP contribution is -2.54. The quantitative estimate of drug-likeness (QED) is 0.374. The van der Waals surface area contributed by atoms with E-state index in [1.165, 1.54) is 0 Å². The Balaban J connectivity index is 1.50. The second-order valence-electron chi connectivity index (χ2n) is 8.85. The Labute approximate surface area is 217 Å². The molecular formula is C26H20Cl2N4O4. The van der Waals surface area contributed by atoms with Gasteiger partial charge in [0.1, 0.15) is 6.61 Å². The zero-order valence-electron chi connectivity index (χ0n) is 19.1. The van der Waals surface area contributed by atoms with Gasteiger partial charge in [0.25, 0.3) is 11.9 Å². The number of likely N-dealkylation sites (tertiary alicyclic amines) is 1. The van der Waals surface area contributed by atoms with Gasteiger partial charge in [-0.15, -0.1) is 0 Å². The number of carbonyl (C=O) groups is 1. The van der Waals surface area contributed by atoms with Crippen LogP contribution in [0, 0.1) is 21.4 Å². The number of hydrogen-bond acceptors (Lipinski definition) is 6. The fraction of sp³-hybridized carbons (Fsp3) is 0.231. The van der Waals surface area contributed by atoms with Crippen molar-refractivity contribution in [3.63, 3.8) is 0 Å². The second-order valence-corrected chi connectivity index (χ2v) is 9.67. The molecule has 2 heterocycles. The first-order chi connectivity index (χ1) is 17.3. The second kappa shape index (κ2) is 9.10. The fourth-order valence-electron chi connectivity index (χ4n) is 5.42. The SMILES string of the molecule is CN1C[C@H](c2cc(Cl)c(OCc3ccccc3C#N)c(Cl)c2)[C@H]([N+](=O)[O-])[C@]12C(=O)Nc1ccccc12. The van der Waals surface area contributed by atoms with Gasteiger partial charge in [-0.1, -0.05) is 59.6 Å². The molecule has 3 aromatic carbocycles. The zero-order valence-corrected chi connectivity index (χ0v) is 20.6. The van der Waals surface area contributed by atoms with E-state index in [0.29, 0.717) is 27.9 Å². The number of carbonyl (C=O) groups excluding carboxylic acids is 1.